The van der Waals surface area contributed by atoms with Gasteiger partial charge in [0.15, 0.2) is 0 Å². The SMILES string of the molecule is CCN1CCCC1CNC(=O)c1cc(N)cc(Cl)c1. The summed E-state index contributed by atoms with van der Waals surface area (Å²) in [5.41, 5.74) is 6.71. The van der Waals surface area contributed by atoms with Crippen LogP contribution < -0.4 is 11.1 Å². The van der Waals surface area contributed by atoms with Gasteiger partial charge in [0, 0.05) is 28.9 Å². The van der Waals surface area contributed by atoms with Crippen LogP contribution in [0.4, 0.5) is 5.69 Å². The maximum absolute atomic E-state index is 12.1. The van der Waals surface area contributed by atoms with Crippen molar-refractivity contribution >= 4 is 23.2 Å². The number of nitrogens with two attached hydrogens (primary N) is 1. The van der Waals surface area contributed by atoms with E-state index in [4.69, 9.17) is 17.3 Å². The van der Waals surface area contributed by atoms with Gasteiger partial charge in [0.1, 0.15) is 0 Å². The predicted octanol–water partition coefficient (Wildman–Crippen LogP) is 2.14. The van der Waals surface area contributed by atoms with Gasteiger partial charge in [0.05, 0.1) is 0 Å². The predicted molar refractivity (Wildman–Crippen MR) is 78.5 cm³/mol. The lowest BCUT2D eigenvalue weighted by atomic mass is 10.1. The summed E-state index contributed by atoms with van der Waals surface area (Å²) in [4.78, 5) is 14.5. The molecule has 1 heterocycles. The molecule has 1 fully saturated rings. The molecule has 4 nitrogen and oxygen atoms in total. The van der Waals surface area contributed by atoms with Crippen molar-refractivity contribution in [1.82, 2.24) is 10.2 Å². The fraction of sp³-hybridized carbons (Fsp3) is 0.500. The lowest BCUT2D eigenvalue weighted by Crippen LogP contribution is -2.40. The highest BCUT2D eigenvalue weighted by atomic mass is 35.5. The van der Waals surface area contributed by atoms with E-state index in [0.29, 0.717) is 28.9 Å². The lowest BCUT2D eigenvalue weighted by molar-refractivity contribution is 0.0941. The molecule has 0 spiro atoms. The summed E-state index contributed by atoms with van der Waals surface area (Å²) in [5.74, 6) is -0.114. The van der Waals surface area contributed by atoms with Crippen LogP contribution in [0.5, 0.6) is 0 Å². The first-order valence-corrected chi connectivity index (χ1v) is 7.06. The van der Waals surface area contributed by atoms with Crippen LogP contribution in [0.3, 0.4) is 0 Å². The monoisotopic (exact) mass is 281 g/mol. The van der Waals surface area contributed by atoms with Crippen LogP contribution in [-0.2, 0) is 0 Å². The maximum Gasteiger partial charge on any atom is 0.251 e. The second-order valence-corrected chi connectivity index (χ2v) is 5.34. The molecule has 0 bridgehead atoms. The first kappa shape index (κ1) is 14.2. The summed E-state index contributed by atoms with van der Waals surface area (Å²) >= 11 is 5.90. The number of carbonyl (C=O) groups is 1. The van der Waals surface area contributed by atoms with E-state index in [1.807, 2.05) is 0 Å². The molecule has 1 aliphatic rings. The number of nitrogens with one attached hydrogen (secondary N) is 1. The van der Waals surface area contributed by atoms with Crippen molar-refractivity contribution in [3.63, 3.8) is 0 Å². The molecule has 0 aliphatic carbocycles. The van der Waals surface area contributed by atoms with E-state index >= 15 is 0 Å². The Kier molecular flexibility index (Phi) is 4.66. The van der Waals surface area contributed by atoms with E-state index < -0.39 is 0 Å². The third-order valence-electron chi connectivity index (χ3n) is 3.59. The van der Waals surface area contributed by atoms with Crippen LogP contribution in [0, 0.1) is 0 Å². The van der Waals surface area contributed by atoms with E-state index in [1.165, 1.54) is 6.42 Å². The number of likely N-dealkylation sites (N-methyl/N-ethyl adjacent to an activating group) is 1. The normalized spacial score (nSPS) is 19.6. The highest BCUT2D eigenvalue weighted by Gasteiger charge is 2.23. The van der Waals surface area contributed by atoms with Gasteiger partial charge in [0.2, 0.25) is 0 Å². The zero-order valence-electron chi connectivity index (χ0n) is 11.2. The Bertz CT molecular complexity index is 444. The fourth-order valence-corrected chi connectivity index (χ4v) is 2.84. The molecule has 1 amide bonds. The molecule has 2 rings (SSSR count). The van der Waals surface area contributed by atoms with Crippen molar-refractivity contribution in [2.45, 2.75) is 25.8 Å². The molecule has 1 saturated heterocycles. The van der Waals surface area contributed by atoms with Crippen LogP contribution in [0.1, 0.15) is 30.1 Å². The number of nitrogens with zero attached hydrogens (tertiary/aromatic N) is 1. The molecule has 104 valence electrons. The van der Waals surface area contributed by atoms with Crippen molar-refractivity contribution in [1.29, 1.82) is 0 Å². The van der Waals surface area contributed by atoms with Gasteiger partial charge >= 0.3 is 0 Å². The van der Waals surface area contributed by atoms with Gasteiger partial charge in [-0.05, 0) is 44.1 Å². The van der Waals surface area contributed by atoms with Crippen LogP contribution in [0.25, 0.3) is 0 Å². The Morgan fingerprint density at radius 1 is 1.53 bits per heavy atom. The van der Waals surface area contributed by atoms with E-state index in [-0.39, 0.29) is 5.91 Å². The summed E-state index contributed by atoms with van der Waals surface area (Å²) in [6.45, 7) is 4.99. The van der Waals surface area contributed by atoms with Crippen molar-refractivity contribution in [3.8, 4) is 0 Å². The standard InChI is InChI=1S/C14H20ClN3O/c1-2-18-5-3-4-13(18)9-17-14(19)10-6-11(15)8-12(16)7-10/h6-8,13H,2-5,9,16H2,1H3,(H,17,19). The Labute approximate surface area is 118 Å². The Balaban J connectivity index is 1.94. The first-order chi connectivity index (χ1) is 9.10. The van der Waals surface area contributed by atoms with E-state index in [1.54, 1.807) is 18.2 Å². The van der Waals surface area contributed by atoms with Gasteiger partial charge in [-0.3, -0.25) is 9.69 Å². The largest absolute Gasteiger partial charge is 0.399 e. The van der Waals surface area contributed by atoms with Gasteiger partial charge in [-0.2, -0.15) is 0 Å². The van der Waals surface area contributed by atoms with Crippen LogP contribution in [0.15, 0.2) is 18.2 Å². The highest BCUT2D eigenvalue weighted by Crippen LogP contribution is 2.18. The molecule has 5 heteroatoms. The average molecular weight is 282 g/mol. The molecule has 1 unspecified atom stereocenters. The minimum absolute atomic E-state index is 0.114. The zero-order chi connectivity index (χ0) is 13.8. The first-order valence-electron chi connectivity index (χ1n) is 6.68. The van der Waals surface area contributed by atoms with Gasteiger partial charge in [-0.15, -0.1) is 0 Å². The zero-order valence-corrected chi connectivity index (χ0v) is 11.9. The maximum atomic E-state index is 12.1. The van der Waals surface area contributed by atoms with E-state index in [9.17, 15) is 4.79 Å². The molecule has 1 aromatic carbocycles. The number of nitrogen functional groups attached to an aromatic ring is 1. The third kappa shape index (κ3) is 3.61. The molecule has 0 aromatic heterocycles. The highest BCUT2D eigenvalue weighted by molar-refractivity contribution is 6.31. The van der Waals surface area contributed by atoms with Crippen molar-refractivity contribution in [2.24, 2.45) is 0 Å². The van der Waals surface area contributed by atoms with Gasteiger partial charge in [-0.25, -0.2) is 0 Å². The summed E-state index contributed by atoms with van der Waals surface area (Å²) in [5, 5.41) is 3.45. The van der Waals surface area contributed by atoms with Crippen molar-refractivity contribution < 1.29 is 4.79 Å². The molecular weight excluding hydrogens is 262 g/mol. The topological polar surface area (TPSA) is 58.4 Å². The van der Waals surface area contributed by atoms with E-state index in [2.05, 4.69) is 17.1 Å². The number of rotatable bonds is 4. The number of benzene rings is 1. The number of carbonyl (C=O) groups excluding carboxylic acids is 1. The molecule has 19 heavy (non-hydrogen) atoms. The number of halogens is 1. The van der Waals surface area contributed by atoms with Gasteiger partial charge in [-0.1, -0.05) is 18.5 Å². The summed E-state index contributed by atoms with van der Waals surface area (Å²) in [6.07, 6.45) is 2.35. The molecular formula is C14H20ClN3O. The minimum atomic E-state index is -0.114. The molecule has 0 radical (unpaired) electrons. The lowest BCUT2D eigenvalue weighted by Gasteiger charge is -2.22. The second kappa shape index (κ2) is 6.26. The Morgan fingerprint density at radius 2 is 2.32 bits per heavy atom. The molecule has 1 aliphatic heterocycles. The van der Waals surface area contributed by atoms with Crippen LogP contribution in [0.2, 0.25) is 5.02 Å². The Morgan fingerprint density at radius 3 is 3.00 bits per heavy atom. The number of likely N-dealkylation sites (tertiary alicyclic amines) is 1. The van der Waals surface area contributed by atoms with Gasteiger partial charge in [0.25, 0.3) is 5.91 Å². The van der Waals surface area contributed by atoms with Crippen molar-refractivity contribution in [3.05, 3.63) is 28.8 Å². The van der Waals surface area contributed by atoms with Crippen LogP contribution in [-0.4, -0.2) is 36.5 Å². The quantitative estimate of drug-likeness (QED) is 0.832. The number of hydrogen-bond donors (Lipinski definition) is 2. The van der Waals surface area contributed by atoms with Gasteiger partial charge < -0.3 is 11.1 Å². The average Bonchev–Trinajstić information content (AvgIpc) is 2.82. The second-order valence-electron chi connectivity index (χ2n) is 4.91. The molecule has 1 atom stereocenters. The smallest absolute Gasteiger partial charge is 0.251 e. The summed E-state index contributed by atoms with van der Waals surface area (Å²) in [7, 11) is 0. The molecule has 0 saturated carbocycles. The van der Waals surface area contributed by atoms with E-state index in [0.717, 1.165) is 19.5 Å². The number of hydrogen-bond acceptors (Lipinski definition) is 3. The minimum Gasteiger partial charge on any atom is -0.399 e. The number of amides is 1. The number of anilines is 1. The van der Waals surface area contributed by atoms with Crippen LogP contribution >= 0.6 is 11.6 Å². The summed E-state index contributed by atoms with van der Waals surface area (Å²) in [6, 6.07) is 5.37. The Hall–Kier alpha value is -1.26. The summed E-state index contributed by atoms with van der Waals surface area (Å²) < 4.78 is 0. The molecule has 1 aromatic rings. The molecule has 3 N–H and O–H groups in total. The fourth-order valence-electron chi connectivity index (χ4n) is 2.60. The third-order valence-corrected chi connectivity index (χ3v) is 3.80. The van der Waals surface area contributed by atoms with Crippen molar-refractivity contribution in [2.75, 3.05) is 25.4 Å².